The first-order chi connectivity index (χ1) is 9.35. The van der Waals surface area contributed by atoms with Crippen molar-refractivity contribution in [3.05, 3.63) is 0 Å². The van der Waals surface area contributed by atoms with Crippen molar-refractivity contribution in [2.24, 2.45) is 0 Å². The fourth-order valence-electron chi connectivity index (χ4n) is 2.23. The average molecular weight is 287 g/mol. The van der Waals surface area contributed by atoms with Gasteiger partial charge >= 0.3 is 0 Å². The van der Waals surface area contributed by atoms with Crippen LogP contribution in [0.5, 0.6) is 0 Å². The van der Waals surface area contributed by atoms with Crippen molar-refractivity contribution in [2.75, 3.05) is 13.7 Å². The molecule has 0 spiro atoms. The molecule has 1 amide bonds. The molecule has 0 saturated carbocycles. The highest BCUT2D eigenvalue weighted by molar-refractivity contribution is 5.87. The molecule has 0 aromatic rings. The molecule has 0 aromatic carbocycles. The van der Waals surface area contributed by atoms with Crippen LogP contribution in [0.15, 0.2) is 0 Å². The van der Waals surface area contributed by atoms with Gasteiger partial charge in [-0.2, -0.15) is 0 Å². The average Bonchev–Trinajstić information content (AvgIpc) is 2.96. The van der Waals surface area contributed by atoms with Crippen LogP contribution in [-0.4, -0.2) is 47.2 Å². The van der Waals surface area contributed by atoms with Crippen LogP contribution in [0.3, 0.4) is 0 Å². The molecule has 0 aromatic heterocycles. The fourth-order valence-corrected chi connectivity index (χ4v) is 2.23. The number of rotatable bonds is 5. The molecule has 1 aliphatic heterocycles. The van der Waals surface area contributed by atoms with Crippen molar-refractivity contribution in [1.82, 2.24) is 4.90 Å². The van der Waals surface area contributed by atoms with Gasteiger partial charge in [-0.3, -0.25) is 9.59 Å². The minimum Gasteiger partial charge on any atom is -0.365 e. The Morgan fingerprint density at radius 1 is 1.30 bits per heavy atom. The number of carbonyl (C=O) groups excluding carboxylic acids is 2. The minimum absolute atomic E-state index is 0.104. The van der Waals surface area contributed by atoms with Crippen LogP contribution >= 0.6 is 0 Å². The van der Waals surface area contributed by atoms with Gasteiger partial charge in [0.15, 0.2) is 11.6 Å². The molecule has 5 heteroatoms. The number of carbonyl (C=O) groups is 2. The Bertz CT molecular complexity index is 305. The van der Waals surface area contributed by atoms with Crippen LogP contribution in [0.1, 0.15) is 59.8 Å². The number of ketones is 1. The van der Waals surface area contributed by atoms with Crippen LogP contribution < -0.4 is 0 Å². The molecule has 1 N–H and O–H groups in total. The summed E-state index contributed by atoms with van der Waals surface area (Å²) >= 11 is 0. The zero-order chi connectivity index (χ0) is 15.8. The summed E-state index contributed by atoms with van der Waals surface area (Å²) in [7, 11) is 1.52. The van der Waals surface area contributed by atoms with Crippen LogP contribution in [0.2, 0.25) is 0 Å². The van der Waals surface area contributed by atoms with Crippen LogP contribution in [0.25, 0.3) is 0 Å². The van der Waals surface area contributed by atoms with E-state index in [1.54, 1.807) is 11.8 Å². The summed E-state index contributed by atoms with van der Waals surface area (Å²) in [6.07, 6.45) is 3.63. The number of Topliss-reactive ketones (excluding diaryl/α,β-unsaturated/α-hetero) is 1. The van der Waals surface area contributed by atoms with Gasteiger partial charge < -0.3 is 14.7 Å². The Kier molecular flexibility index (Phi) is 8.65. The van der Waals surface area contributed by atoms with Crippen molar-refractivity contribution in [3.8, 4) is 0 Å². The highest BCUT2D eigenvalue weighted by Crippen LogP contribution is 2.18. The topological polar surface area (TPSA) is 66.8 Å². The molecule has 0 aliphatic carbocycles. The second kappa shape index (κ2) is 9.08. The maximum Gasteiger partial charge on any atom is 0.222 e. The van der Waals surface area contributed by atoms with Gasteiger partial charge in [0.1, 0.15) is 0 Å². The molecule has 118 valence electrons. The summed E-state index contributed by atoms with van der Waals surface area (Å²) in [6, 6.07) is -0.127. The van der Waals surface area contributed by atoms with Crippen molar-refractivity contribution in [2.45, 2.75) is 71.6 Å². The Hall–Kier alpha value is -0.940. The summed E-state index contributed by atoms with van der Waals surface area (Å²) in [4.78, 5) is 24.1. The third-order valence-electron chi connectivity index (χ3n) is 3.83. The number of amides is 1. The lowest BCUT2D eigenvalue weighted by molar-refractivity contribution is -0.188. The lowest BCUT2D eigenvalue weighted by atomic mass is 10.1. The highest BCUT2D eigenvalue weighted by Gasteiger charge is 2.30. The Balaban J connectivity index is 0.000000396. The third-order valence-corrected chi connectivity index (χ3v) is 3.83. The molecule has 0 bridgehead atoms. The lowest BCUT2D eigenvalue weighted by Crippen LogP contribution is -2.39. The minimum atomic E-state index is -0.875. The summed E-state index contributed by atoms with van der Waals surface area (Å²) in [5.74, 6) is -0.651. The van der Waals surface area contributed by atoms with Gasteiger partial charge in [-0.15, -0.1) is 0 Å². The highest BCUT2D eigenvalue weighted by atomic mass is 16.6. The van der Waals surface area contributed by atoms with Gasteiger partial charge in [0.25, 0.3) is 0 Å². The van der Waals surface area contributed by atoms with Crippen molar-refractivity contribution < 1.29 is 19.4 Å². The van der Waals surface area contributed by atoms with Gasteiger partial charge in [0, 0.05) is 20.1 Å². The van der Waals surface area contributed by atoms with Gasteiger partial charge in [0.2, 0.25) is 5.91 Å². The van der Waals surface area contributed by atoms with Crippen LogP contribution in [0.4, 0.5) is 0 Å². The maximum absolute atomic E-state index is 11.3. The van der Waals surface area contributed by atoms with E-state index in [9.17, 15) is 14.7 Å². The van der Waals surface area contributed by atoms with E-state index in [1.807, 2.05) is 20.8 Å². The van der Waals surface area contributed by atoms with E-state index in [2.05, 4.69) is 0 Å². The normalized spacial score (nSPS) is 18.5. The Morgan fingerprint density at radius 2 is 1.85 bits per heavy atom. The molecule has 1 unspecified atom stereocenters. The largest absolute Gasteiger partial charge is 0.365 e. The van der Waals surface area contributed by atoms with Gasteiger partial charge in [-0.05, 0) is 32.6 Å². The number of hydrogen-bond acceptors (Lipinski definition) is 4. The number of methoxy groups -OCH3 is 1. The van der Waals surface area contributed by atoms with Gasteiger partial charge in [0.05, 0.1) is 6.04 Å². The zero-order valence-electron chi connectivity index (χ0n) is 13.4. The van der Waals surface area contributed by atoms with Crippen molar-refractivity contribution >= 4 is 11.7 Å². The number of hydrogen-bond donors (Lipinski definition) is 1. The first-order valence-electron chi connectivity index (χ1n) is 7.42. The summed E-state index contributed by atoms with van der Waals surface area (Å²) in [5, 5.41) is 9.22. The van der Waals surface area contributed by atoms with Crippen molar-refractivity contribution in [3.63, 3.8) is 0 Å². The van der Waals surface area contributed by atoms with Crippen LogP contribution in [0, 0.1) is 0 Å². The number of likely N-dealkylation sites (tertiary alicyclic amines) is 1. The molecular weight excluding hydrogens is 258 g/mol. The molecule has 5 nitrogen and oxygen atoms in total. The number of ether oxygens (including phenoxy) is 1. The van der Waals surface area contributed by atoms with E-state index in [0.29, 0.717) is 19.3 Å². The van der Waals surface area contributed by atoms with Crippen molar-refractivity contribution in [1.29, 1.82) is 0 Å². The second-order valence-electron chi connectivity index (χ2n) is 5.07. The van der Waals surface area contributed by atoms with E-state index in [-0.39, 0.29) is 17.7 Å². The molecule has 1 fully saturated rings. The molecule has 1 aliphatic rings. The lowest BCUT2D eigenvalue weighted by Gasteiger charge is -2.22. The maximum atomic E-state index is 11.3. The molecule has 1 rings (SSSR count). The van der Waals surface area contributed by atoms with Gasteiger partial charge in [-0.25, -0.2) is 0 Å². The molecule has 20 heavy (non-hydrogen) atoms. The summed E-state index contributed by atoms with van der Waals surface area (Å²) in [6.45, 7) is 7.95. The fraction of sp³-hybridized carbons (Fsp3) is 0.867. The van der Waals surface area contributed by atoms with Gasteiger partial charge in [-0.1, -0.05) is 20.8 Å². The quantitative estimate of drug-likeness (QED) is 0.787. The Labute approximate surface area is 122 Å². The van der Waals surface area contributed by atoms with E-state index in [4.69, 9.17) is 4.74 Å². The number of nitrogens with zero attached hydrogens (tertiary/aromatic N) is 1. The molecule has 1 atom stereocenters. The van der Waals surface area contributed by atoms with E-state index in [0.717, 1.165) is 19.4 Å². The molecular formula is C15H29NO4. The first-order valence-corrected chi connectivity index (χ1v) is 7.42. The first kappa shape index (κ1) is 19.1. The predicted octanol–water partition coefficient (Wildman–Crippen LogP) is 2.12. The molecule has 1 heterocycles. The summed E-state index contributed by atoms with van der Waals surface area (Å²) < 4.78 is 4.79. The predicted molar refractivity (Wildman–Crippen MR) is 78.2 cm³/mol. The number of aliphatic hydroxyl groups is 1. The third kappa shape index (κ3) is 5.59. The standard InChI is InChI=1S/C9H15NO2.C6H14O2/c1-3-9(12)10-6-4-5-8(10)7(2)11;1-4-6(7,5-2)8-3/h8H,3-6H2,1-2H3;7H,4-5H2,1-3H3. The van der Waals surface area contributed by atoms with E-state index >= 15 is 0 Å². The van der Waals surface area contributed by atoms with Crippen LogP contribution in [-0.2, 0) is 14.3 Å². The second-order valence-corrected chi connectivity index (χ2v) is 5.07. The monoisotopic (exact) mass is 287 g/mol. The Morgan fingerprint density at radius 3 is 2.15 bits per heavy atom. The van der Waals surface area contributed by atoms with E-state index in [1.165, 1.54) is 7.11 Å². The zero-order valence-corrected chi connectivity index (χ0v) is 13.4. The molecule has 1 saturated heterocycles. The SMILES string of the molecule is CCC(=O)N1CCCC1C(C)=O.CCC(O)(CC)OC. The molecule has 0 radical (unpaired) electrons. The smallest absolute Gasteiger partial charge is 0.222 e. The summed E-state index contributed by atoms with van der Waals surface area (Å²) in [5.41, 5.74) is 0. The van der Waals surface area contributed by atoms with E-state index < -0.39 is 5.79 Å².